The molecule has 0 amide bonds. The lowest BCUT2D eigenvalue weighted by molar-refractivity contribution is 0.0688. The molecule has 4 rings (SSSR count). The molecular formula is C27H28FN5O3. The highest BCUT2D eigenvalue weighted by atomic mass is 19.1. The van der Waals surface area contributed by atoms with E-state index in [1.54, 1.807) is 58.5 Å². The van der Waals surface area contributed by atoms with Crippen molar-refractivity contribution in [2.75, 3.05) is 0 Å². The molecular weight excluding hydrogens is 461 g/mol. The van der Waals surface area contributed by atoms with E-state index < -0.39 is 11.4 Å². The Kier molecular flexibility index (Phi) is 6.69. The number of aromatic nitrogens is 5. The van der Waals surface area contributed by atoms with Gasteiger partial charge < -0.3 is 9.84 Å². The molecule has 0 aromatic carbocycles. The summed E-state index contributed by atoms with van der Waals surface area (Å²) >= 11 is 0. The van der Waals surface area contributed by atoms with Gasteiger partial charge in [-0.2, -0.15) is 0 Å². The molecule has 0 saturated carbocycles. The normalized spacial score (nSPS) is 11.6. The number of ether oxygens (including phenoxy) is 1. The van der Waals surface area contributed by atoms with E-state index in [4.69, 9.17) is 4.74 Å². The maximum absolute atomic E-state index is 14.2. The molecule has 36 heavy (non-hydrogen) atoms. The first-order chi connectivity index (χ1) is 17.0. The van der Waals surface area contributed by atoms with Crippen molar-refractivity contribution in [2.45, 2.75) is 46.8 Å². The van der Waals surface area contributed by atoms with Crippen LogP contribution in [0.4, 0.5) is 4.39 Å². The van der Waals surface area contributed by atoms with Crippen LogP contribution in [0.5, 0.6) is 5.88 Å². The van der Waals surface area contributed by atoms with Crippen LogP contribution in [0.15, 0.2) is 47.7 Å². The summed E-state index contributed by atoms with van der Waals surface area (Å²) in [5, 5.41) is 10.3. The van der Waals surface area contributed by atoms with Crippen LogP contribution in [0.3, 0.4) is 0 Å². The molecule has 0 aliphatic rings. The summed E-state index contributed by atoms with van der Waals surface area (Å²) in [5.41, 5.74) is 3.22. The molecule has 186 valence electrons. The Bertz CT molecular complexity index is 1510. The Balaban J connectivity index is 1.72. The first-order valence-corrected chi connectivity index (χ1v) is 11.4. The van der Waals surface area contributed by atoms with Crippen molar-refractivity contribution < 1.29 is 14.2 Å². The lowest BCUT2D eigenvalue weighted by Gasteiger charge is -2.17. The molecule has 0 unspecified atom stereocenters. The van der Waals surface area contributed by atoms with E-state index in [1.807, 2.05) is 19.9 Å². The van der Waals surface area contributed by atoms with E-state index in [0.717, 1.165) is 5.56 Å². The fourth-order valence-corrected chi connectivity index (χ4v) is 3.80. The Morgan fingerprint density at radius 2 is 1.78 bits per heavy atom. The SMILES string of the molecule is Cc1cnc(COc2cc(C)c(-c3cc(-c4ccnc(C(C)(C)O)n4)ncc3C)c(=O)n2C)c(F)c1. The van der Waals surface area contributed by atoms with Gasteiger partial charge in [0.1, 0.15) is 23.7 Å². The van der Waals surface area contributed by atoms with Gasteiger partial charge in [0.05, 0.1) is 17.0 Å². The Labute approximate surface area is 208 Å². The molecule has 0 aliphatic carbocycles. The lowest BCUT2D eigenvalue weighted by atomic mass is 9.98. The van der Waals surface area contributed by atoms with E-state index in [9.17, 15) is 14.3 Å². The maximum Gasteiger partial charge on any atom is 0.261 e. The number of halogens is 1. The van der Waals surface area contributed by atoms with Crippen LogP contribution in [0.2, 0.25) is 0 Å². The highest BCUT2D eigenvalue weighted by molar-refractivity contribution is 5.73. The number of aryl methyl sites for hydroxylation is 3. The molecule has 0 saturated heterocycles. The predicted molar refractivity (Wildman–Crippen MR) is 134 cm³/mol. The van der Waals surface area contributed by atoms with Crippen molar-refractivity contribution in [1.29, 1.82) is 0 Å². The molecule has 4 heterocycles. The molecule has 0 aliphatic heterocycles. The van der Waals surface area contributed by atoms with Crippen molar-refractivity contribution >= 4 is 0 Å². The third-order valence-electron chi connectivity index (χ3n) is 5.83. The van der Waals surface area contributed by atoms with E-state index in [-0.39, 0.29) is 23.7 Å². The van der Waals surface area contributed by atoms with E-state index in [0.29, 0.717) is 39.5 Å². The van der Waals surface area contributed by atoms with Crippen molar-refractivity contribution in [2.24, 2.45) is 7.05 Å². The number of hydrogen-bond donors (Lipinski definition) is 1. The molecule has 0 fully saturated rings. The predicted octanol–water partition coefficient (Wildman–Crippen LogP) is 4.17. The summed E-state index contributed by atoms with van der Waals surface area (Å²) in [6.45, 7) is 8.58. The van der Waals surface area contributed by atoms with Gasteiger partial charge in [0.2, 0.25) is 0 Å². The van der Waals surface area contributed by atoms with E-state index in [2.05, 4.69) is 19.9 Å². The zero-order valence-corrected chi connectivity index (χ0v) is 21.1. The second kappa shape index (κ2) is 9.58. The zero-order valence-electron chi connectivity index (χ0n) is 21.1. The molecule has 0 radical (unpaired) electrons. The van der Waals surface area contributed by atoms with Gasteiger partial charge in [-0.15, -0.1) is 0 Å². The Hall–Kier alpha value is -3.98. The molecule has 4 aromatic rings. The molecule has 8 nitrogen and oxygen atoms in total. The third-order valence-corrected chi connectivity index (χ3v) is 5.83. The van der Waals surface area contributed by atoms with Gasteiger partial charge >= 0.3 is 0 Å². The van der Waals surface area contributed by atoms with Gasteiger partial charge in [-0.3, -0.25) is 19.3 Å². The standard InChI is InChI=1S/C27H28FN5O3/c1-15-9-19(28)22(30-12-15)14-36-23-10-16(2)24(25(34)33(23)6)18-11-21(31-13-17(18)3)20-7-8-29-26(32-20)27(4,5)35/h7-13,35H,14H2,1-6H3. The lowest BCUT2D eigenvalue weighted by Crippen LogP contribution is -2.22. The van der Waals surface area contributed by atoms with Gasteiger partial charge in [0.15, 0.2) is 11.7 Å². The van der Waals surface area contributed by atoms with Crippen molar-refractivity contribution in [3.63, 3.8) is 0 Å². The van der Waals surface area contributed by atoms with Gasteiger partial charge in [0.25, 0.3) is 5.56 Å². The van der Waals surface area contributed by atoms with Crippen molar-refractivity contribution in [3.05, 3.63) is 87.2 Å². The van der Waals surface area contributed by atoms with Crippen LogP contribution in [0, 0.1) is 26.6 Å². The summed E-state index contributed by atoms with van der Waals surface area (Å²) in [7, 11) is 1.61. The fraction of sp³-hybridized carbons (Fsp3) is 0.296. The highest BCUT2D eigenvalue weighted by Gasteiger charge is 2.21. The highest BCUT2D eigenvalue weighted by Crippen LogP contribution is 2.29. The second-order valence-corrected chi connectivity index (χ2v) is 9.34. The molecule has 4 aromatic heterocycles. The minimum absolute atomic E-state index is 0.103. The number of hydrogen-bond acceptors (Lipinski definition) is 7. The number of aliphatic hydroxyl groups is 1. The van der Waals surface area contributed by atoms with E-state index in [1.165, 1.54) is 10.6 Å². The van der Waals surface area contributed by atoms with Crippen LogP contribution in [-0.2, 0) is 19.3 Å². The second-order valence-electron chi connectivity index (χ2n) is 9.34. The summed E-state index contributed by atoms with van der Waals surface area (Å²) in [5.74, 6) is 0.128. The van der Waals surface area contributed by atoms with Crippen molar-refractivity contribution in [1.82, 2.24) is 24.5 Å². The fourth-order valence-electron chi connectivity index (χ4n) is 3.80. The topological polar surface area (TPSA) is 103 Å². The van der Waals surface area contributed by atoms with Crippen LogP contribution < -0.4 is 10.3 Å². The zero-order chi connectivity index (χ0) is 26.2. The minimum atomic E-state index is -1.21. The van der Waals surface area contributed by atoms with Crippen LogP contribution in [-0.4, -0.2) is 29.6 Å². The van der Waals surface area contributed by atoms with E-state index >= 15 is 0 Å². The number of rotatable bonds is 6. The minimum Gasteiger partial charge on any atom is -0.472 e. The maximum atomic E-state index is 14.2. The Morgan fingerprint density at radius 3 is 2.47 bits per heavy atom. The smallest absolute Gasteiger partial charge is 0.261 e. The molecule has 1 N–H and O–H groups in total. The average Bonchev–Trinajstić information content (AvgIpc) is 2.82. The van der Waals surface area contributed by atoms with Crippen LogP contribution in [0.1, 0.15) is 42.1 Å². The molecule has 0 atom stereocenters. The van der Waals surface area contributed by atoms with Gasteiger partial charge in [0, 0.05) is 31.7 Å². The molecule has 0 bridgehead atoms. The summed E-state index contributed by atoms with van der Waals surface area (Å²) in [4.78, 5) is 30.6. The van der Waals surface area contributed by atoms with Gasteiger partial charge in [-0.1, -0.05) is 0 Å². The molecule has 9 heteroatoms. The van der Waals surface area contributed by atoms with Gasteiger partial charge in [-0.05, 0) is 75.1 Å². The largest absolute Gasteiger partial charge is 0.472 e. The summed E-state index contributed by atoms with van der Waals surface area (Å²) in [6, 6.07) is 6.66. The first-order valence-electron chi connectivity index (χ1n) is 11.4. The third kappa shape index (κ3) is 5.01. The number of nitrogens with zero attached hydrogens (tertiary/aromatic N) is 5. The Morgan fingerprint density at radius 1 is 1.03 bits per heavy atom. The molecule has 0 spiro atoms. The summed E-state index contributed by atoms with van der Waals surface area (Å²) in [6.07, 6.45) is 4.83. The van der Waals surface area contributed by atoms with Gasteiger partial charge in [-0.25, -0.2) is 14.4 Å². The van der Waals surface area contributed by atoms with Crippen LogP contribution in [0.25, 0.3) is 22.5 Å². The van der Waals surface area contributed by atoms with Crippen molar-refractivity contribution in [3.8, 4) is 28.4 Å². The quantitative estimate of drug-likeness (QED) is 0.434. The summed E-state index contributed by atoms with van der Waals surface area (Å²) < 4.78 is 21.3. The number of pyridine rings is 3. The first kappa shape index (κ1) is 25.1. The monoisotopic (exact) mass is 489 g/mol. The van der Waals surface area contributed by atoms with Crippen LogP contribution >= 0.6 is 0 Å². The average molecular weight is 490 g/mol.